The number of hydrogen-bond donors (Lipinski definition) is 2. The molecule has 2 heterocycles. The smallest absolute Gasteiger partial charge is 0.191 e. The van der Waals surface area contributed by atoms with Gasteiger partial charge in [-0.2, -0.15) is 0 Å². The van der Waals surface area contributed by atoms with Gasteiger partial charge in [-0.25, -0.2) is 0 Å². The quantitative estimate of drug-likeness (QED) is 0.337. The number of para-hydroxylation sites is 1. The second-order valence-electron chi connectivity index (χ2n) is 6.88. The number of thiophene rings is 1. The van der Waals surface area contributed by atoms with Crippen molar-refractivity contribution in [3.8, 4) is 5.75 Å². The predicted molar refractivity (Wildman–Crippen MR) is 129 cm³/mol. The number of methoxy groups -OCH3 is 1. The van der Waals surface area contributed by atoms with Gasteiger partial charge in [0.15, 0.2) is 5.96 Å². The third kappa shape index (κ3) is 6.09. The van der Waals surface area contributed by atoms with E-state index in [0.29, 0.717) is 6.04 Å². The molecule has 1 aliphatic rings. The number of rotatable bonds is 7. The average Bonchev–Trinajstić information content (AvgIpc) is 3.18. The van der Waals surface area contributed by atoms with Gasteiger partial charge < -0.3 is 15.4 Å². The Hall–Kier alpha value is -1.32. The number of benzene rings is 1. The van der Waals surface area contributed by atoms with Crippen molar-refractivity contribution >= 4 is 41.3 Å². The molecule has 5 nitrogen and oxygen atoms in total. The SMILES string of the molecule is CN=C(NCCc1ccccc1OC)NCC(C)N1CCc2sccc2C1.I. The number of fused-ring (bicyclic) bond motifs is 1. The van der Waals surface area contributed by atoms with E-state index in [2.05, 4.69) is 45.0 Å². The van der Waals surface area contributed by atoms with E-state index in [9.17, 15) is 0 Å². The summed E-state index contributed by atoms with van der Waals surface area (Å²) in [6.45, 7) is 6.17. The zero-order valence-corrected chi connectivity index (χ0v) is 20.1. The minimum Gasteiger partial charge on any atom is -0.496 e. The fourth-order valence-corrected chi connectivity index (χ4v) is 4.36. The molecule has 2 aromatic rings. The predicted octanol–water partition coefficient (Wildman–Crippen LogP) is 3.53. The van der Waals surface area contributed by atoms with Crippen LogP contribution in [0.5, 0.6) is 5.75 Å². The maximum absolute atomic E-state index is 5.42. The summed E-state index contributed by atoms with van der Waals surface area (Å²) in [6, 6.07) is 10.9. The van der Waals surface area contributed by atoms with Gasteiger partial charge in [-0.15, -0.1) is 35.3 Å². The van der Waals surface area contributed by atoms with E-state index < -0.39 is 0 Å². The molecule has 1 unspecified atom stereocenters. The second-order valence-corrected chi connectivity index (χ2v) is 7.88. The number of ether oxygens (including phenoxy) is 1. The maximum atomic E-state index is 5.42. The molecular formula is C21H31IN4OS. The van der Waals surface area contributed by atoms with Gasteiger partial charge >= 0.3 is 0 Å². The standard InChI is InChI=1S/C21H30N4OS.HI/c1-16(25-12-9-20-18(15-25)10-13-27-20)14-24-21(22-2)23-11-8-17-6-4-5-7-19(17)26-3;/h4-7,10,13,16H,8-9,11-12,14-15H2,1-3H3,(H2,22,23,24);1H. The van der Waals surface area contributed by atoms with Crippen molar-refractivity contribution in [1.82, 2.24) is 15.5 Å². The van der Waals surface area contributed by atoms with Gasteiger partial charge in [-0.1, -0.05) is 18.2 Å². The molecule has 28 heavy (non-hydrogen) atoms. The lowest BCUT2D eigenvalue weighted by Crippen LogP contribution is -2.47. The van der Waals surface area contributed by atoms with E-state index in [1.165, 1.54) is 17.5 Å². The van der Waals surface area contributed by atoms with Crippen LogP contribution >= 0.6 is 35.3 Å². The summed E-state index contributed by atoms with van der Waals surface area (Å²) in [5.41, 5.74) is 2.70. The molecule has 0 saturated heterocycles. The Kier molecular flexibility index (Phi) is 9.53. The van der Waals surface area contributed by atoms with Gasteiger partial charge in [0, 0.05) is 44.1 Å². The molecule has 1 aromatic carbocycles. The minimum atomic E-state index is 0. The van der Waals surface area contributed by atoms with Crippen molar-refractivity contribution in [3.05, 3.63) is 51.7 Å². The van der Waals surface area contributed by atoms with E-state index in [0.717, 1.165) is 44.3 Å². The zero-order valence-electron chi connectivity index (χ0n) is 16.9. The number of guanidine groups is 1. The number of halogens is 1. The molecule has 1 aromatic heterocycles. The molecule has 154 valence electrons. The number of nitrogens with zero attached hydrogens (tertiary/aromatic N) is 2. The van der Waals surface area contributed by atoms with Gasteiger partial charge in [0.05, 0.1) is 7.11 Å². The van der Waals surface area contributed by atoms with Crippen LogP contribution < -0.4 is 15.4 Å². The second kappa shape index (κ2) is 11.6. The van der Waals surface area contributed by atoms with E-state index in [4.69, 9.17) is 4.74 Å². The third-order valence-corrected chi connectivity index (χ3v) is 6.15. The summed E-state index contributed by atoms with van der Waals surface area (Å²) in [6.07, 6.45) is 2.07. The Morgan fingerprint density at radius 2 is 2.11 bits per heavy atom. The van der Waals surface area contributed by atoms with Crippen LogP contribution in [-0.4, -0.2) is 50.7 Å². The fourth-order valence-electron chi connectivity index (χ4n) is 3.47. The van der Waals surface area contributed by atoms with Crippen molar-refractivity contribution in [1.29, 1.82) is 0 Å². The van der Waals surface area contributed by atoms with Crippen LogP contribution in [0.25, 0.3) is 0 Å². The maximum Gasteiger partial charge on any atom is 0.191 e. The molecule has 7 heteroatoms. The number of hydrogen-bond acceptors (Lipinski definition) is 4. The van der Waals surface area contributed by atoms with Crippen LogP contribution in [-0.2, 0) is 19.4 Å². The largest absolute Gasteiger partial charge is 0.496 e. The molecule has 0 spiro atoms. The average molecular weight is 514 g/mol. The first kappa shape index (κ1) is 23.0. The van der Waals surface area contributed by atoms with Crippen LogP contribution in [0.15, 0.2) is 40.7 Å². The highest BCUT2D eigenvalue weighted by atomic mass is 127. The lowest BCUT2D eigenvalue weighted by molar-refractivity contribution is 0.192. The van der Waals surface area contributed by atoms with Crippen molar-refractivity contribution in [2.75, 3.05) is 33.8 Å². The van der Waals surface area contributed by atoms with E-state index in [1.807, 2.05) is 36.6 Å². The van der Waals surface area contributed by atoms with Crippen LogP contribution in [0.3, 0.4) is 0 Å². The summed E-state index contributed by atoms with van der Waals surface area (Å²) in [5, 5.41) is 9.09. The molecule has 3 rings (SSSR count). The van der Waals surface area contributed by atoms with Crippen LogP contribution in [0.1, 0.15) is 22.9 Å². The first-order valence-electron chi connectivity index (χ1n) is 9.57. The molecule has 0 radical (unpaired) electrons. The van der Waals surface area contributed by atoms with E-state index in [1.54, 1.807) is 12.0 Å². The van der Waals surface area contributed by atoms with Crippen molar-refractivity contribution in [3.63, 3.8) is 0 Å². The number of nitrogens with one attached hydrogen (secondary N) is 2. The normalized spacial score (nSPS) is 15.3. The zero-order chi connectivity index (χ0) is 19.1. The monoisotopic (exact) mass is 514 g/mol. The molecule has 0 saturated carbocycles. The Labute approximate surface area is 189 Å². The van der Waals surface area contributed by atoms with Crippen LogP contribution in [0, 0.1) is 0 Å². The highest BCUT2D eigenvalue weighted by molar-refractivity contribution is 14.0. The Balaban J connectivity index is 0.00000280. The van der Waals surface area contributed by atoms with Crippen molar-refractivity contribution < 1.29 is 4.74 Å². The van der Waals surface area contributed by atoms with Gasteiger partial charge in [0.25, 0.3) is 0 Å². The van der Waals surface area contributed by atoms with E-state index >= 15 is 0 Å². The molecule has 0 bridgehead atoms. The summed E-state index contributed by atoms with van der Waals surface area (Å²) in [7, 11) is 3.54. The molecule has 2 N–H and O–H groups in total. The van der Waals surface area contributed by atoms with Gasteiger partial charge in [-0.05, 0) is 48.4 Å². The Morgan fingerprint density at radius 1 is 1.29 bits per heavy atom. The summed E-state index contributed by atoms with van der Waals surface area (Å²) in [4.78, 5) is 8.45. The molecule has 0 aliphatic carbocycles. The summed E-state index contributed by atoms with van der Waals surface area (Å²) in [5.74, 6) is 1.79. The highest BCUT2D eigenvalue weighted by Crippen LogP contribution is 2.25. The van der Waals surface area contributed by atoms with E-state index in [-0.39, 0.29) is 24.0 Å². The third-order valence-electron chi connectivity index (χ3n) is 5.13. The summed E-state index contributed by atoms with van der Waals surface area (Å²) < 4.78 is 5.42. The molecule has 1 aliphatic heterocycles. The topological polar surface area (TPSA) is 48.9 Å². The van der Waals surface area contributed by atoms with Crippen LogP contribution in [0.4, 0.5) is 0 Å². The first-order chi connectivity index (χ1) is 13.2. The van der Waals surface area contributed by atoms with Crippen molar-refractivity contribution in [2.24, 2.45) is 4.99 Å². The highest BCUT2D eigenvalue weighted by Gasteiger charge is 2.21. The number of aliphatic imine (C=N–C) groups is 1. The molecular weight excluding hydrogens is 483 g/mol. The lowest BCUT2D eigenvalue weighted by Gasteiger charge is -2.32. The van der Waals surface area contributed by atoms with Crippen LogP contribution in [0.2, 0.25) is 0 Å². The first-order valence-corrected chi connectivity index (χ1v) is 10.4. The minimum absolute atomic E-state index is 0. The lowest BCUT2D eigenvalue weighted by atomic mass is 10.1. The molecule has 1 atom stereocenters. The molecule has 0 fully saturated rings. The van der Waals surface area contributed by atoms with Gasteiger partial charge in [0.1, 0.15) is 5.75 Å². The fraction of sp³-hybridized carbons (Fsp3) is 0.476. The molecule has 0 amide bonds. The summed E-state index contributed by atoms with van der Waals surface area (Å²) >= 11 is 1.89. The Morgan fingerprint density at radius 3 is 2.89 bits per heavy atom. The van der Waals surface area contributed by atoms with Gasteiger partial charge in [-0.3, -0.25) is 9.89 Å². The van der Waals surface area contributed by atoms with Gasteiger partial charge in [0.2, 0.25) is 0 Å². The van der Waals surface area contributed by atoms with Crippen molar-refractivity contribution in [2.45, 2.75) is 32.4 Å². The Bertz CT molecular complexity index is 764.